The highest BCUT2D eigenvalue weighted by Crippen LogP contribution is 2.29. The molecule has 4 heterocycles. The number of rotatable bonds is 6. The average molecular weight is 443 g/mol. The van der Waals surface area contributed by atoms with Crippen molar-refractivity contribution in [2.75, 3.05) is 44.7 Å². The first-order chi connectivity index (χ1) is 16.2. The summed E-state index contributed by atoms with van der Waals surface area (Å²) in [6, 6.07) is 15.2. The molecule has 4 aromatic rings. The molecule has 0 saturated carbocycles. The van der Waals surface area contributed by atoms with E-state index in [1.54, 1.807) is 36.3 Å². The maximum Gasteiger partial charge on any atom is 0.266 e. The van der Waals surface area contributed by atoms with E-state index < -0.39 is 0 Å². The van der Waals surface area contributed by atoms with E-state index in [2.05, 4.69) is 37.0 Å². The minimum atomic E-state index is -0.0800. The summed E-state index contributed by atoms with van der Waals surface area (Å²) in [5.74, 6) is 0.835. The lowest BCUT2D eigenvalue weighted by Crippen LogP contribution is -2.47. The van der Waals surface area contributed by atoms with Gasteiger partial charge in [-0.25, -0.2) is 4.68 Å². The van der Waals surface area contributed by atoms with E-state index in [4.69, 9.17) is 4.74 Å². The first-order valence-electron chi connectivity index (χ1n) is 11.1. The fraction of sp³-hybridized carbons (Fsp3) is 0.280. The van der Waals surface area contributed by atoms with Crippen LogP contribution >= 0.6 is 0 Å². The van der Waals surface area contributed by atoms with Crippen molar-refractivity contribution in [2.24, 2.45) is 0 Å². The minimum absolute atomic E-state index is 0.0800. The molecule has 0 spiro atoms. The zero-order valence-electron chi connectivity index (χ0n) is 18.6. The second kappa shape index (κ2) is 9.38. The van der Waals surface area contributed by atoms with Gasteiger partial charge < -0.3 is 9.64 Å². The number of fused-ring (bicyclic) bond motifs is 1. The van der Waals surface area contributed by atoms with Crippen LogP contribution in [-0.4, -0.2) is 64.5 Å². The van der Waals surface area contributed by atoms with Gasteiger partial charge in [0.15, 0.2) is 0 Å². The number of anilines is 1. The quantitative estimate of drug-likeness (QED) is 0.454. The number of ether oxygens (including phenoxy) is 1. The normalized spacial score (nSPS) is 14.5. The van der Waals surface area contributed by atoms with Gasteiger partial charge >= 0.3 is 0 Å². The van der Waals surface area contributed by atoms with Gasteiger partial charge in [0, 0.05) is 74.0 Å². The SMILES string of the molecule is COc1ccc2nccc(N3CCN(CCn4nc(-c5ccncc5)ccc4=O)CC3)c2c1. The Morgan fingerprint density at radius 1 is 0.909 bits per heavy atom. The predicted octanol–water partition coefficient (Wildman–Crippen LogP) is 2.68. The molecule has 0 radical (unpaired) electrons. The molecule has 0 N–H and O–H groups in total. The van der Waals surface area contributed by atoms with Gasteiger partial charge in [0.2, 0.25) is 0 Å². The molecule has 1 fully saturated rings. The Morgan fingerprint density at radius 3 is 2.52 bits per heavy atom. The van der Waals surface area contributed by atoms with E-state index in [1.165, 1.54) is 5.69 Å². The standard InChI is InChI=1S/C25H26N6O2/c1-33-20-2-3-23-21(18-20)24(8-11-27-23)30-15-12-29(13-16-30)14-17-31-25(32)5-4-22(28-31)19-6-9-26-10-7-19/h2-11,18H,12-17H2,1H3. The maximum atomic E-state index is 12.3. The van der Waals surface area contributed by atoms with E-state index in [1.807, 2.05) is 30.5 Å². The van der Waals surface area contributed by atoms with Crippen molar-refractivity contribution < 1.29 is 4.74 Å². The summed E-state index contributed by atoms with van der Waals surface area (Å²) in [7, 11) is 1.68. The molecule has 1 aliphatic rings. The third kappa shape index (κ3) is 4.56. The number of benzene rings is 1. The maximum absolute atomic E-state index is 12.3. The average Bonchev–Trinajstić information content (AvgIpc) is 2.88. The molecule has 1 aliphatic heterocycles. The van der Waals surface area contributed by atoms with E-state index in [-0.39, 0.29) is 5.56 Å². The first-order valence-corrected chi connectivity index (χ1v) is 11.1. The Hall–Kier alpha value is -3.78. The second-order valence-electron chi connectivity index (χ2n) is 8.06. The lowest BCUT2D eigenvalue weighted by molar-refractivity contribution is 0.243. The minimum Gasteiger partial charge on any atom is -0.497 e. The van der Waals surface area contributed by atoms with Gasteiger partial charge in [-0.15, -0.1) is 0 Å². The number of aromatic nitrogens is 4. The topological polar surface area (TPSA) is 76.4 Å². The van der Waals surface area contributed by atoms with Gasteiger partial charge in [-0.2, -0.15) is 5.10 Å². The number of piperazine rings is 1. The Kier molecular flexibility index (Phi) is 5.99. The molecule has 5 rings (SSSR count). The van der Waals surface area contributed by atoms with Gasteiger partial charge in [-0.05, 0) is 42.5 Å². The Balaban J connectivity index is 1.24. The highest BCUT2D eigenvalue weighted by Gasteiger charge is 2.19. The van der Waals surface area contributed by atoms with Crippen molar-refractivity contribution >= 4 is 16.6 Å². The van der Waals surface area contributed by atoms with Crippen LogP contribution in [0.5, 0.6) is 5.75 Å². The van der Waals surface area contributed by atoms with Crippen molar-refractivity contribution in [1.82, 2.24) is 24.6 Å². The van der Waals surface area contributed by atoms with Gasteiger partial charge in [0.05, 0.1) is 24.9 Å². The smallest absolute Gasteiger partial charge is 0.266 e. The van der Waals surface area contributed by atoms with Crippen LogP contribution in [0.4, 0.5) is 5.69 Å². The molecular weight excluding hydrogens is 416 g/mol. The molecule has 8 nitrogen and oxygen atoms in total. The van der Waals surface area contributed by atoms with Gasteiger partial charge in [-0.3, -0.25) is 19.7 Å². The number of hydrogen-bond acceptors (Lipinski definition) is 7. The number of hydrogen-bond donors (Lipinski definition) is 0. The molecular formula is C25H26N6O2. The molecule has 0 unspecified atom stereocenters. The molecule has 0 atom stereocenters. The molecule has 0 bridgehead atoms. The third-order valence-electron chi connectivity index (χ3n) is 6.11. The summed E-state index contributed by atoms with van der Waals surface area (Å²) >= 11 is 0. The van der Waals surface area contributed by atoms with Crippen LogP contribution in [0.25, 0.3) is 22.2 Å². The van der Waals surface area contributed by atoms with Crippen molar-refractivity contribution in [3.05, 3.63) is 77.5 Å². The van der Waals surface area contributed by atoms with Gasteiger partial charge in [-0.1, -0.05) is 0 Å². The fourth-order valence-corrected chi connectivity index (χ4v) is 4.25. The summed E-state index contributed by atoms with van der Waals surface area (Å²) in [5, 5.41) is 5.67. The van der Waals surface area contributed by atoms with Crippen molar-refractivity contribution in [1.29, 1.82) is 0 Å². The van der Waals surface area contributed by atoms with E-state index in [0.29, 0.717) is 6.54 Å². The van der Waals surface area contributed by atoms with E-state index >= 15 is 0 Å². The number of methoxy groups -OCH3 is 1. The van der Waals surface area contributed by atoms with Crippen LogP contribution in [-0.2, 0) is 6.54 Å². The highest BCUT2D eigenvalue weighted by molar-refractivity contribution is 5.92. The van der Waals surface area contributed by atoms with Crippen molar-refractivity contribution in [3.8, 4) is 17.0 Å². The van der Waals surface area contributed by atoms with Crippen LogP contribution in [0.2, 0.25) is 0 Å². The zero-order chi connectivity index (χ0) is 22.6. The monoisotopic (exact) mass is 442 g/mol. The van der Waals surface area contributed by atoms with Crippen LogP contribution in [0.1, 0.15) is 0 Å². The molecule has 1 saturated heterocycles. The lowest BCUT2D eigenvalue weighted by atomic mass is 10.1. The summed E-state index contributed by atoms with van der Waals surface area (Å²) < 4.78 is 6.97. The van der Waals surface area contributed by atoms with E-state index in [0.717, 1.165) is 60.6 Å². The van der Waals surface area contributed by atoms with Crippen LogP contribution in [0.15, 0.2) is 71.9 Å². The summed E-state index contributed by atoms with van der Waals surface area (Å²) in [6.07, 6.45) is 5.33. The molecule has 0 aliphatic carbocycles. The number of pyridine rings is 2. The summed E-state index contributed by atoms with van der Waals surface area (Å²) in [6.45, 7) is 5.02. The van der Waals surface area contributed by atoms with Crippen molar-refractivity contribution in [2.45, 2.75) is 6.54 Å². The molecule has 3 aromatic heterocycles. The molecule has 8 heteroatoms. The zero-order valence-corrected chi connectivity index (χ0v) is 18.6. The molecule has 0 amide bonds. The van der Waals surface area contributed by atoms with Crippen LogP contribution in [0, 0.1) is 0 Å². The third-order valence-corrected chi connectivity index (χ3v) is 6.11. The van der Waals surface area contributed by atoms with Gasteiger partial charge in [0.1, 0.15) is 5.75 Å². The Morgan fingerprint density at radius 2 is 1.73 bits per heavy atom. The lowest BCUT2D eigenvalue weighted by Gasteiger charge is -2.36. The molecule has 33 heavy (non-hydrogen) atoms. The molecule has 168 valence electrons. The van der Waals surface area contributed by atoms with Crippen LogP contribution in [0.3, 0.4) is 0 Å². The first kappa shape index (κ1) is 21.1. The van der Waals surface area contributed by atoms with Crippen LogP contribution < -0.4 is 15.2 Å². The Labute approximate surface area is 192 Å². The highest BCUT2D eigenvalue weighted by atomic mass is 16.5. The van der Waals surface area contributed by atoms with Gasteiger partial charge in [0.25, 0.3) is 5.56 Å². The summed E-state index contributed by atoms with van der Waals surface area (Å²) in [5.41, 5.74) is 3.80. The fourth-order valence-electron chi connectivity index (χ4n) is 4.25. The largest absolute Gasteiger partial charge is 0.497 e. The predicted molar refractivity (Wildman–Crippen MR) is 129 cm³/mol. The number of nitrogens with zero attached hydrogens (tertiary/aromatic N) is 6. The van der Waals surface area contributed by atoms with E-state index in [9.17, 15) is 4.79 Å². The van der Waals surface area contributed by atoms with Crippen molar-refractivity contribution in [3.63, 3.8) is 0 Å². The second-order valence-corrected chi connectivity index (χ2v) is 8.06. The summed E-state index contributed by atoms with van der Waals surface area (Å²) in [4.78, 5) is 25.7. The molecule has 1 aromatic carbocycles. The Bertz CT molecular complexity index is 1300.